The number of amides is 1. The third-order valence-electron chi connectivity index (χ3n) is 3.04. The Morgan fingerprint density at radius 3 is 3.19 bits per heavy atom. The van der Waals surface area contributed by atoms with Crippen LogP contribution in [0.3, 0.4) is 0 Å². The van der Waals surface area contributed by atoms with E-state index in [1.807, 2.05) is 11.8 Å². The van der Waals surface area contributed by atoms with Crippen LogP contribution in [0.2, 0.25) is 0 Å². The van der Waals surface area contributed by atoms with E-state index in [4.69, 9.17) is 4.74 Å². The Balaban J connectivity index is 1.59. The molecule has 1 amide bonds. The van der Waals surface area contributed by atoms with E-state index in [1.165, 1.54) is 17.9 Å². The van der Waals surface area contributed by atoms with Crippen molar-refractivity contribution in [3.8, 4) is 0 Å². The van der Waals surface area contributed by atoms with Gasteiger partial charge in [-0.1, -0.05) is 0 Å². The molecule has 0 aliphatic carbocycles. The van der Waals surface area contributed by atoms with Gasteiger partial charge < -0.3 is 15.4 Å². The monoisotopic (exact) mass is 244 g/mol. The smallest absolute Gasteiger partial charge is 0.221 e. The number of morpholine rings is 1. The summed E-state index contributed by atoms with van der Waals surface area (Å²) in [5.41, 5.74) is 0. The molecule has 2 N–H and O–H groups in total. The minimum absolute atomic E-state index is 0.153. The first-order valence-electron chi connectivity index (χ1n) is 6.00. The number of ether oxygens (including phenoxy) is 1. The van der Waals surface area contributed by atoms with Crippen LogP contribution in [-0.4, -0.2) is 49.8 Å². The SMILES string of the molecule is O=C(CC1COCCN1)NCC1CCSC1. The topological polar surface area (TPSA) is 50.4 Å². The van der Waals surface area contributed by atoms with Gasteiger partial charge in [0.2, 0.25) is 5.91 Å². The van der Waals surface area contributed by atoms with Gasteiger partial charge in [0.05, 0.1) is 13.2 Å². The Morgan fingerprint density at radius 2 is 2.50 bits per heavy atom. The van der Waals surface area contributed by atoms with E-state index in [9.17, 15) is 4.79 Å². The first-order valence-corrected chi connectivity index (χ1v) is 7.15. The lowest BCUT2D eigenvalue weighted by Gasteiger charge is -2.23. The Morgan fingerprint density at radius 1 is 1.56 bits per heavy atom. The van der Waals surface area contributed by atoms with Crippen LogP contribution < -0.4 is 10.6 Å². The molecule has 2 rings (SSSR count). The molecular formula is C11H20N2O2S. The fourth-order valence-electron chi connectivity index (χ4n) is 2.05. The maximum Gasteiger partial charge on any atom is 0.221 e. The van der Waals surface area contributed by atoms with Crippen LogP contribution in [0.4, 0.5) is 0 Å². The Labute approximate surface area is 101 Å². The summed E-state index contributed by atoms with van der Waals surface area (Å²) in [7, 11) is 0. The van der Waals surface area contributed by atoms with Gasteiger partial charge in [-0.2, -0.15) is 11.8 Å². The van der Waals surface area contributed by atoms with Crippen molar-refractivity contribution in [1.29, 1.82) is 0 Å². The normalized spacial score (nSPS) is 30.2. The average molecular weight is 244 g/mol. The predicted molar refractivity (Wildman–Crippen MR) is 65.7 cm³/mol. The summed E-state index contributed by atoms with van der Waals surface area (Å²) in [6.07, 6.45) is 1.79. The van der Waals surface area contributed by atoms with Crippen molar-refractivity contribution in [3.63, 3.8) is 0 Å². The second-order valence-corrected chi connectivity index (χ2v) is 5.61. The average Bonchev–Trinajstić information content (AvgIpc) is 2.81. The maximum atomic E-state index is 11.7. The first kappa shape index (κ1) is 12.2. The highest BCUT2D eigenvalue weighted by atomic mass is 32.2. The lowest BCUT2D eigenvalue weighted by atomic mass is 10.1. The summed E-state index contributed by atoms with van der Waals surface area (Å²) < 4.78 is 5.32. The number of carbonyl (C=O) groups is 1. The van der Waals surface area contributed by atoms with Crippen LogP contribution in [-0.2, 0) is 9.53 Å². The van der Waals surface area contributed by atoms with Crippen molar-refractivity contribution >= 4 is 17.7 Å². The van der Waals surface area contributed by atoms with Crippen molar-refractivity contribution < 1.29 is 9.53 Å². The highest BCUT2D eigenvalue weighted by Gasteiger charge is 2.19. The molecule has 2 heterocycles. The van der Waals surface area contributed by atoms with Crippen LogP contribution >= 0.6 is 11.8 Å². The number of nitrogens with one attached hydrogen (secondary N) is 2. The third-order valence-corrected chi connectivity index (χ3v) is 4.27. The predicted octanol–water partition coefficient (Wildman–Crippen LogP) is 0.234. The molecule has 2 atom stereocenters. The van der Waals surface area contributed by atoms with Crippen molar-refractivity contribution in [2.45, 2.75) is 18.9 Å². The van der Waals surface area contributed by atoms with Gasteiger partial charge in [-0.15, -0.1) is 0 Å². The van der Waals surface area contributed by atoms with Gasteiger partial charge >= 0.3 is 0 Å². The number of hydrogen-bond donors (Lipinski definition) is 2. The molecule has 0 aromatic carbocycles. The van der Waals surface area contributed by atoms with E-state index >= 15 is 0 Å². The largest absolute Gasteiger partial charge is 0.378 e. The van der Waals surface area contributed by atoms with E-state index in [2.05, 4.69) is 10.6 Å². The number of rotatable bonds is 4. The molecule has 0 radical (unpaired) electrons. The molecule has 16 heavy (non-hydrogen) atoms. The highest BCUT2D eigenvalue weighted by Crippen LogP contribution is 2.22. The molecule has 2 saturated heterocycles. The Kier molecular flexibility index (Phi) is 4.93. The quantitative estimate of drug-likeness (QED) is 0.743. The molecule has 2 aliphatic heterocycles. The Bertz CT molecular complexity index is 226. The van der Waals surface area contributed by atoms with E-state index in [0.29, 0.717) is 18.9 Å². The van der Waals surface area contributed by atoms with Gasteiger partial charge in [0, 0.05) is 25.6 Å². The molecular weight excluding hydrogens is 224 g/mol. The highest BCUT2D eigenvalue weighted by molar-refractivity contribution is 7.99. The summed E-state index contributed by atoms with van der Waals surface area (Å²) in [5.74, 6) is 3.29. The van der Waals surface area contributed by atoms with Crippen LogP contribution in [0.25, 0.3) is 0 Å². The maximum absolute atomic E-state index is 11.7. The van der Waals surface area contributed by atoms with Crippen LogP contribution in [0, 0.1) is 5.92 Å². The molecule has 0 saturated carbocycles. The number of thioether (sulfide) groups is 1. The molecule has 0 bridgehead atoms. The van der Waals surface area contributed by atoms with Crippen molar-refractivity contribution in [3.05, 3.63) is 0 Å². The summed E-state index contributed by atoms with van der Waals surface area (Å²) in [5, 5.41) is 6.31. The van der Waals surface area contributed by atoms with Crippen molar-refractivity contribution in [2.75, 3.05) is 37.8 Å². The molecule has 4 nitrogen and oxygen atoms in total. The fourth-order valence-corrected chi connectivity index (χ4v) is 3.33. The lowest BCUT2D eigenvalue weighted by Crippen LogP contribution is -2.44. The van der Waals surface area contributed by atoms with E-state index in [0.717, 1.165) is 19.7 Å². The van der Waals surface area contributed by atoms with Crippen molar-refractivity contribution in [1.82, 2.24) is 10.6 Å². The minimum Gasteiger partial charge on any atom is -0.378 e. The third kappa shape index (κ3) is 3.96. The van der Waals surface area contributed by atoms with Gasteiger partial charge in [0.15, 0.2) is 0 Å². The summed E-state index contributed by atoms with van der Waals surface area (Å²) in [6, 6.07) is 0.201. The second kappa shape index (κ2) is 6.47. The standard InChI is InChI=1S/C11H20N2O2S/c14-11(5-10-7-15-3-2-12-10)13-6-9-1-4-16-8-9/h9-10,12H,1-8H2,(H,13,14). The molecule has 0 aromatic heterocycles. The number of carbonyl (C=O) groups excluding carboxylic acids is 1. The van der Waals surface area contributed by atoms with Crippen LogP contribution in [0.5, 0.6) is 0 Å². The van der Waals surface area contributed by atoms with Gasteiger partial charge in [0.1, 0.15) is 0 Å². The van der Waals surface area contributed by atoms with Crippen LogP contribution in [0.15, 0.2) is 0 Å². The molecule has 2 fully saturated rings. The summed E-state index contributed by atoms with van der Waals surface area (Å²) in [6.45, 7) is 3.13. The molecule has 5 heteroatoms. The van der Waals surface area contributed by atoms with Crippen molar-refractivity contribution in [2.24, 2.45) is 5.92 Å². The minimum atomic E-state index is 0.153. The fraction of sp³-hybridized carbons (Fsp3) is 0.909. The van der Waals surface area contributed by atoms with E-state index in [-0.39, 0.29) is 11.9 Å². The van der Waals surface area contributed by atoms with Gasteiger partial charge in [0.25, 0.3) is 0 Å². The van der Waals surface area contributed by atoms with Crippen LogP contribution in [0.1, 0.15) is 12.8 Å². The molecule has 2 aliphatic rings. The molecule has 0 aromatic rings. The Hall–Kier alpha value is -0.260. The van der Waals surface area contributed by atoms with E-state index < -0.39 is 0 Å². The summed E-state index contributed by atoms with van der Waals surface area (Å²) in [4.78, 5) is 11.7. The summed E-state index contributed by atoms with van der Waals surface area (Å²) >= 11 is 1.99. The second-order valence-electron chi connectivity index (χ2n) is 4.46. The zero-order valence-electron chi connectivity index (χ0n) is 9.54. The van der Waals surface area contributed by atoms with E-state index in [1.54, 1.807) is 0 Å². The molecule has 2 unspecified atom stereocenters. The molecule has 92 valence electrons. The molecule has 0 spiro atoms. The van der Waals surface area contributed by atoms with Gasteiger partial charge in [-0.3, -0.25) is 4.79 Å². The first-order chi connectivity index (χ1) is 7.84. The lowest BCUT2D eigenvalue weighted by molar-refractivity contribution is -0.122. The zero-order valence-corrected chi connectivity index (χ0v) is 10.4. The zero-order chi connectivity index (χ0) is 11.2. The number of hydrogen-bond acceptors (Lipinski definition) is 4. The van der Waals surface area contributed by atoms with Gasteiger partial charge in [-0.05, 0) is 23.8 Å². The van der Waals surface area contributed by atoms with Gasteiger partial charge in [-0.25, -0.2) is 0 Å².